The number of rotatable bonds is 1. The van der Waals surface area contributed by atoms with Crippen molar-refractivity contribution in [3.63, 3.8) is 0 Å². The summed E-state index contributed by atoms with van der Waals surface area (Å²) in [6, 6.07) is 0.564. The van der Waals surface area contributed by atoms with Crippen molar-refractivity contribution in [2.75, 3.05) is 13.1 Å². The molecule has 1 aromatic heterocycles. The number of piperidine rings is 1. The van der Waals surface area contributed by atoms with E-state index in [-0.39, 0.29) is 0 Å². The van der Waals surface area contributed by atoms with Gasteiger partial charge in [0.25, 0.3) is 0 Å². The van der Waals surface area contributed by atoms with E-state index in [2.05, 4.69) is 26.3 Å². The molecule has 2 heterocycles. The first-order valence-electron chi connectivity index (χ1n) is 4.19. The van der Waals surface area contributed by atoms with Gasteiger partial charge in [0, 0.05) is 19.3 Å². The van der Waals surface area contributed by atoms with Crippen molar-refractivity contribution in [3.05, 3.63) is 16.9 Å². The zero-order valence-corrected chi connectivity index (χ0v) is 8.37. The van der Waals surface area contributed by atoms with Gasteiger partial charge in [-0.05, 0) is 28.8 Å². The van der Waals surface area contributed by atoms with Crippen LogP contribution < -0.4 is 5.32 Å². The van der Waals surface area contributed by atoms with Crippen LogP contribution in [-0.2, 0) is 0 Å². The maximum absolute atomic E-state index is 4.31. The summed E-state index contributed by atoms with van der Waals surface area (Å²) >= 11 is 3.39. The molecule has 1 fully saturated rings. The highest BCUT2D eigenvalue weighted by Crippen LogP contribution is 2.19. The van der Waals surface area contributed by atoms with Gasteiger partial charge in [0.1, 0.15) is 0 Å². The summed E-state index contributed by atoms with van der Waals surface area (Å²) in [6.07, 6.45) is 6.14. The molecule has 1 radical (unpaired) electrons. The van der Waals surface area contributed by atoms with Crippen LogP contribution in [0.5, 0.6) is 0 Å². The van der Waals surface area contributed by atoms with Gasteiger partial charge in [0.15, 0.2) is 0 Å². The molecule has 4 heteroatoms. The van der Waals surface area contributed by atoms with Gasteiger partial charge in [0.05, 0.1) is 16.7 Å². The molecule has 0 N–H and O–H groups in total. The predicted molar refractivity (Wildman–Crippen MR) is 50.1 cm³/mol. The first-order chi connectivity index (χ1) is 5.86. The molecule has 0 amide bonds. The van der Waals surface area contributed by atoms with Gasteiger partial charge in [-0.3, -0.25) is 4.68 Å². The number of hydrogen-bond acceptors (Lipinski definition) is 1. The van der Waals surface area contributed by atoms with E-state index in [0.717, 1.165) is 30.4 Å². The van der Waals surface area contributed by atoms with Crippen molar-refractivity contribution in [1.82, 2.24) is 15.1 Å². The highest BCUT2D eigenvalue weighted by atomic mass is 79.9. The standard InChI is InChI=1S/C8H11BrN3/c9-7-5-11-12(6-7)8-1-3-10-4-2-8/h5-6,8H,1-4H2. The van der Waals surface area contributed by atoms with Crippen molar-refractivity contribution in [3.8, 4) is 0 Å². The average molecular weight is 229 g/mol. The first-order valence-corrected chi connectivity index (χ1v) is 4.98. The van der Waals surface area contributed by atoms with Crippen molar-refractivity contribution in [2.24, 2.45) is 0 Å². The van der Waals surface area contributed by atoms with Crippen molar-refractivity contribution < 1.29 is 0 Å². The third kappa shape index (κ3) is 1.69. The molecule has 0 saturated carbocycles. The molecule has 65 valence electrons. The monoisotopic (exact) mass is 228 g/mol. The van der Waals surface area contributed by atoms with E-state index in [1.54, 1.807) is 0 Å². The largest absolute Gasteiger partial charge is 0.268 e. The molecular formula is C8H11BrN3. The Kier molecular flexibility index (Phi) is 2.46. The van der Waals surface area contributed by atoms with Crippen LogP contribution in [0.3, 0.4) is 0 Å². The van der Waals surface area contributed by atoms with Crippen molar-refractivity contribution >= 4 is 15.9 Å². The zero-order chi connectivity index (χ0) is 8.39. The molecule has 12 heavy (non-hydrogen) atoms. The van der Waals surface area contributed by atoms with Gasteiger partial charge in [-0.1, -0.05) is 0 Å². The minimum atomic E-state index is 0.564. The first kappa shape index (κ1) is 8.26. The van der Waals surface area contributed by atoms with Crippen LogP contribution in [-0.4, -0.2) is 22.9 Å². The van der Waals surface area contributed by atoms with Crippen LogP contribution in [0.2, 0.25) is 0 Å². The Morgan fingerprint density at radius 2 is 2.17 bits per heavy atom. The Hall–Kier alpha value is -0.350. The van der Waals surface area contributed by atoms with Crippen LogP contribution >= 0.6 is 15.9 Å². The fourth-order valence-corrected chi connectivity index (χ4v) is 1.82. The van der Waals surface area contributed by atoms with Crippen molar-refractivity contribution in [1.29, 1.82) is 0 Å². The van der Waals surface area contributed by atoms with E-state index < -0.39 is 0 Å². The van der Waals surface area contributed by atoms with Gasteiger partial charge in [-0.25, -0.2) is 5.32 Å². The lowest BCUT2D eigenvalue weighted by Crippen LogP contribution is -2.24. The summed E-state index contributed by atoms with van der Waals surface area (Å²) < 4.78 is 3.10. The van der Waals surface area contributed by atoms with Gasteiger partial charge in [0.2, 0.25) is 0 Å². The van der Waals surface area contributed by atoms with E-state index in [9.17, 15) is 0 Å². The second-order valence-electron chi connectivity index (χ2n) is 3.04. The molecule has 0 unspecified atom stereocenters. The van der Waals surface area contributed by atoms with Crippen LogP contribution in [0.4, 0.5) is 0 Å². The maximum Gasteiger partial charge on any atom is 0.0632 e. The normalized spacial score (nSPS) is 19.8. The average Bonchev–Trinajstić information content (AvgIpc) is 2.54. The SMILES string of the molecule is Brc1cnn(C2CC[N]CC2)c1. The highest BCUT2D eigenvalue weighted by Gasteiger charge is 2.15. The summed E-state index contributed by atoms with van der Waals surface area (Å²) in [5.41, 5.74) is 0. The molecule has 2 rings (SSSR count). The minimum Gasteiger partial charge on any atom is -0.268 e. The smallest absolute Gasteiger partial charge is 0.0632 e. The molecule has 0 aromatic carbocycles. The highest BCUT2D eigenvalue weighted by molar-refractivity contribution is 9.10. The number of hydrogen-bond donors (Lipinski definition) is 0. The second kappa shape index (κ2) is 3.58. The van der Waals surface area contributed by atoms with E-state index in [1.165, 1.54) is 0 Å². The second-order valence-corrected chi connectivity index (χ2v) is 3.96. The summed E-state index contributed by atoms with van der Waals surface area (Å²) in [5.74, 6) is 0. The summed E-state index contributed by atoms with van der Waals surface area (Å²) in [7, 11) is 0. The minimum absolute atomic E-state index is 0.564. The Morgan fingerprint density at radius 1 is 1.42 bits per heavy atom. The van der Waals surface area contributed by atoms with Gasteiger partial charge >= 0.3 is 0 Å². The Bertz CT molecular complexity index is 253. The fraction of sp³-hybridized carbons (Fsp3) is 0.625. The molecule has 1 aliphatic rings. The molecule has 0 bridgehead atoms. The molecule has 1 aliphatic heterocycles. The maximum atomic E-state index is 4.31. The molecule has 1 saturated heterocycles. The van der Waals surface area contributed by atoms with E-state index >= 15 is 0 Å². The van der Waals surface area contributed by atoms with E-state index in [0.29, 0.717) is 6.04 Å². The van der Waals surface area contributed by atoms with Gasteiger partial charge < -0.3 is 0 Å². The van der Waals surface area contributed by atoms with Gasteiger partial charge in [-0.15, -0.1) is 0 Å². The molecule has 1 aromatic rings. The lowest BCUT2D eigenvalue weighted by atomic mass is 10.1. The quantitative estimate of drug-likeness (QED) is 0.719. The number of halogens is 1. The van der Waals surface area contributed by atoms with Crippen molar-refractivity contribution in [2.45, 2.75) is 18.9 Å². The Morgan fingerprint density at radius 3 is 2.75 bits per heavy atom. The topological polar surface area (TPSA) is 31.9 Å². The summed E-state index contributed by atoms with van der Waals surface area (Å²) in [6.45, 7) is 1.98. The number of nitrogens with zero attached hydrogens (tertiary/aromatic N) is 3. The third-order valence-corrected chi connectivity index (χ3v) is 2.59. The van der Waals surface area contributed by atoms with Crippen LogP contribution in [0.1, 0.15) is 18.9 Å². The Balaban J connectivity index is 2.08. The van der Waals surface area contributed by atoms with Gasteiger partial charge in [-0.2, -0.15) is 5.10 Å². The molecule has 0 aliphatic carbocycles. The molecular weight excluding hydrogens is 218 g/mol. The zero-order valence-electron chi connectivity index (χ0n) is 6.78. The third-order valence-electron chi connectivity index (χ3n) is 2.18. The van der Waals surface area contributed by atoms with Crippen LogP contribution in [0.15, 0.2) is 16.9 Å². The lowest BCUT2D eigenvalue weighted by Gasteiger charge is -2.21. The van der Waals surface area contributed by atoms with E-state index in [4.69, 9.17) is 0 Å². The van der Waals surface area contributed by atoms with Crippen LogP contribution in [0.25, 0.3) is 0 Å². The van der Waals surface area contributed by atoms with Crippen LogP contribution in [0, 0.1) is 0 Å². The lowest BCUT2D eigenvalue weighted by molar-refractivity contribution is 0.339. The van der Waals surface area contributed by atoms with E-state index in [1.807, 2.05) is 17.1 Å². The summed E-state index contributed by atoms with van der Waals surface area (Å²) in [5, 5.41) is 8.57. The summed E-state index contributed by atoms with van der Waals surface area (Å²) in [4.78, 5) is 0. The predicted octanol–water partition coefficient (Wildman–Crippen LogP) is 1.58. The molecule has 0 spiro atoms. The number of aromatic nitrogens is 2. The Labute approximate surface area is 80.3 Å². The molecule has 3 nitrogen and oxygen atoms in total. The molecule has 0 atom stereocenters. The fourth-order valence-electron chi connectivity index (χ4n) is 1.52.